The van der Waals surface area contributed by atoms with Gasteiger partial charge in [-0.3, -0.25) is 0 Å². The van der Waals surface area contributed by atoms with Gasteiger partial charge in [0.1, 0.15) is 0 Å². The van der Waals surface area contributed by atoms with E-state index in [-0.39, 0.29) is 13.0 Å². The summed E-state index contributed by atoms with van der Waals surface area (Å²) in [4.78, 5) is 22.3. The monoisotopic (exact) mass is 276 g/mol. The molecule has 0 aliphatic heterocycles. The molecular formula is C13H24O6. The Morgan fingerprint density at radius 3 is 2.11 bits per heavy atom. The lowest BCUT2D eigenvalue weighted by Gasteiger charge is -2.29. The highest BCUT2D eigenvalue weighted by molar-refractivity contribution is 5.87. The van der Waals surface area contributed by atoms with Crippen LogP contribution in [-0.4, -0.2) is 45.6 Å². The van der Waals surface area contributed by atoms with E-state index in [4.69, 9.17) is 14.9 Å². The van der Waals surface area contributed by atoms with Crippen molar-refractivity contribution in [3.05, 3.63) is 0 Å². The minimum Gasteiger partial charge on any atom is -0.479 e. The van der Waals surface area contributed by atoms with E-state index in [9.17, 15) is 14.7 Å². The van der Waals surface area contributed by atoms with Crippen molar-refractivity contribution in [2.24, 2.45) is 0 Å². The number of hydrogen-bond donors (Lipinski definition) is 3. The van der Waals surface area contributed by atoms with Gasteiger partial charge in [0.2, 0.25) is 0 Å². The summed E-state index contributed by atoms with van der Waals surface area (Å²) in [5, 5.41) is 28.3. The van der Waals surface area contributed by atoms with Crippen LogP contribution in [0.15, 0.2) is 0 Å². The van der Waals surface area contributed by atoms with Gasteiger partial charge in [-0.1, -0.05) is 39.5 Å². The lowest BCUT2D eigenvalue weighted by Crippen LogP contribution is -2.54. The minimum absolute atomic E-state index is 0.131. The molecule has 0 radical (unpaired) electrons. The summed E-state index contributed by atoms with van der Waals surface area (Å²) in [6, 6.07) is 0. The van der Waals surface area contributed by atoms with Gasteiger partial charge in [-0.2, -0.15) is 0 Å². The molecular weight excluding hydrogens is 252 g/mol. The summed E-state index contributed by atoms with van der Waals surface area (Å²) < 4.78 is 5.10. The Morgan fingerprint density at radius 2 is 1.68 bits per heavy atom. The van der Waals surface area contributed by atoms with E-state index < -0.39 is 23.6 Å². The second-order valence-electron chi connectivity index (χ2n) is 4.63. The Bertz CT molecular complexity index is 291. The number of hydrogen-bond acceptors (Lipinski definition) is 4. The maximum absolute atomic E-state index is 11.2. The van der Waals surface area contributed by atoms with E-state index in [2.05, 4.69) is 0 Å². The molecule has 0 rings (SSSR count). The molecule has 2 unspecified atom stereocenters. The number of ether oxygens (including phenoxy) is 1. The Morgan fingerprint density at radius 1 is 1.11 bits per heavy atom. The number of carboxylic acids is 2. The Hall–Kier alpha value is -1.14. The number of carboxylic acid groups (broad SMARTS) is 2. The van der Waals surface area contributed by atoms with Crippen LogP contribution in [0.2, 0.25) is 0 Å². The second kappa shape index (κ2) is 8.87. The third kappa shape index (κ3) is 5.57. The van der Waals surface area contributed by atoms with Crippen LogP contribution in [0.4, 0.5) is 0 Å². The van der Waals surface area contributed by atoms with Crippen molar-refractivity contribution >= 4 is 11.9 Å². The van der Waals surface area contributed by atoms with Crippen molar-refractivity contribution < 1.29 is 29.6 Å². The molecule has 0 aromatic heterocycles. The van der Waals surface area contributed by atoms with Gasteiger partial charge in [-0.15, -0.1) is 0 Å². The number of aliphatic hydroxyl groups is 1. The van der Waals surface area contributed by atoms with Crippen LogP contribution in [0.3, 0.4) is 0 Å². The summed E-state index contributed by atoms with van der Waals surface area (Å²) in [6.45, 7) is 3.95. The first kappa shape index (κ1) is 17.9. The summed E-state index contributed by atoms with van der Waals surface area (Å²) in [5.41, 5.74) is -2.37. The Balaban J connectivity index is 4.76. The molecule has 0 aliphatic carbocycles. The molecule has 2 atom stereocenters. The predicted octanol–water partition coefficient (Wildman–Crippen LogP) is 1.65. The van der Waals surface area contributed by atoms with Crippen molar-refractivity contribution in [2.45, 2.75) is 64.1 Å². The summed E-state index contributed by atoms with van der Waals surface area (Å²) in [5.74, 6) is -3.00. The second-order valence-corrected chi connectivity index (χ2v) is 4.63. The van der Waals surface area contributed by atoms with Crippen LogP contribution in [0.5, 0.6) is 0 Å². The third-order valence-electron chi connectivity index (χ3n) is 2.97. The Labute approximate surface area is 113 Å². The fraction of sp³-hybridized carbons (Fsp3) is 0.846. The van der Waals surface area contributed by atoms with Gasteiger partial charge >= 0.3 is 11.9 Å². The first-order chi connectivity index (χ1) is 8.90. The minimum atomic E-state index is -2.37. The molecule has 6 heteroatoms. The maximum atomic E-state index is 11.2. The SMILES string of the molecule is CCCCCOC(C(=O)O)C(O)(CCCC)C(=O)O. The van der Waals surface area contributed by atoms with Gasteiger partial charge in [0.05, 0.1) is 0 Å². The molecule has 0 aromatic carbocycles. The zero-order valence-corrected chi connectivity index (χ0v) is 11.6. The third-order valence-corrected chi connectivity index (χ3v) is 2.97. The van der Waals surface area contributed by atoms with Crippen LogP contribution in [0, 0.1) is 0 Å². The average Bonchev–Trinajstić information content (AvgIpc) is 2.35. The fourth-order valence-corrected chi connectivity index (χ4v) is 1.76. The summed E-state index contributed by atoms with van der Waals surface area (Å²) >= 11 is 0. The van der Waals surface area contributed by atoms with E-state index in [0.717, 1.165) is 12.8 Å². The molecule has 0 fully saturated rings. The molecule has 3 N–H and O–H groups in total. The first-order valence-corrected chi connectivity index (χ1v) is 6.70. The molecule has 0 saturated heterocycles. The van der Waals surface area contributed by atoms with Crippen LogP contribution in [-0.2, 0) is 14.3 Å². The van der Waals surface area contributed by atoms with E-state index in [1.807, 2.05) is 13.8 Å². The van der Waals surface area contributed by atoms with Crippen LogP contribution in [0.1, 0.15) is 52.4 Å². The summed E-state index contributed by atoms with van der Waals surface area (Å²) in [6.07, 6.45) is 1.68. The van der Waals surface area contributed by atoms with Crippen molar-refractivity contribution in [3.8, 4) is 0 Å². The molecule has 0 bridgehead atoms. The average molecular weight is 276 g/mol. The summed E-state index contributed by atoms with van der Waals surface area (Å²) in [7, 11) is 0. The van der Waals surface area contributed by atoms with Gasteiger partial charge in [0.15, 0.2) is 11.7 Å². The lowest BCUT2D eigenvalue weighted by atomic mass is 9.90. The molecule has 0 aliphatic rings. The van der Waals surface area contributed by atoms with Crippen LogP contribution in [0.25, 0.3) is 0 Å². The highest BCUT2D eigenvalue weighted by atomic mass is 16.5. The number of unbranched alkanes of at least 4 members (excludes halogenated alkanes) is 3. The molecule has 0 heterocycles. The normalized spacial score (nSPS) is 15.7. The zero-order valence-electron chi connectivity index (χ0n) is 11.6. The van der Waals surface area contributed by atoms with E-state index in [1.165, 1.54) is 0 Å². The highest BCUT2D eigenvalue weighted by Crippen LogP contribution is 2.23. The van der Waals surface area contributed by atoms with E-state index >= 15 is 0 Å². The molecule has 0 saturated carbocycles. The Kier molecular flexibility index (Phi) is 8.34. The number of rotatable bonds is 11. The number of carbonyl (C=O) groups is 2. The number of aliphatic carboxylic acids is 2. The van der Waals surface area contributed by atoms with E-state index in [1.54, 1.807) is 0 Å². The van der Waals surface area contributed by atoms with Gasteiger partial charge in [0.25, 0.3) is 0 Å². The first-order valence-electron chi connectivity index (χ1n) is 6.70. The van der Waals surface area contributed by atoms with Gasteiger partial charge in [0, 0.05) is 6.61 Å². The lowest BCUT2D eigenvalue weighted by molar-refractivity contribution is -0.191. The smallest absolute Gasteiger partial charge is 0.339 e. The maximum Gasteiger partial charge on any atom is 0.339 e. The van der Waals surface area contributed by atoms with E-state index in [0.29, 0.717) is 19.3 Å². The van der Waals surface area contributed by atoms with Crippen molar-refractivity contribution in [1.82, 2.24) is 0 Å². The molecule has 19 heavy (non-hydrogen) atoms. The van der Waals surface area contributed by atoms with Crippen LogP contribution < -0.4 is 0 Å². The molecule has 112 valence electrons. The molecule has 0 spiro atoms. The standard InChI is InChI=1S/C13H24O6/c1-3-5-7-9-19-10(11(14)15)13(18,12(16)17)8-6-4-2/h10,18H,3-9H2,1-2H3,(H,14,15)(H,16,17). The van der Waals surface area contributed by atoms with Crippen LogP contribution >= 0.6 is 0 Å². The van der Waals surface area contributed by atoms with Gasteiger partial charge in [-0.25, -0.2) is 9.59 Å². The molecule has 0 amide bonds. The van der Waals surface area contributed by atoms with Crippen molar-refractivity contribution in [1.29, 1.82) is 0 Å². The quantitative estimate of drug-likeness (QED) is 0.496. The van der Waals surface area contributed by atoms with Gasteiger partial charge < -0.3 is 20.1 Å². The zero-order chi connectivity index (χ0) is 14.9. The molecule has 0 aromatic rings. The van der Waals surface area contributed by atoms with Crippen molar-refractivity contribution in [3.63, 3.8) is 0 Å². The highest BCUT2D eigenvalue weighted by Gasteiger charge is 2.48. The van der Waals surface area contributed by atoms with Crippen molar-refractivity contribution in [2.75, 3.05) is 6.61 Å². The largest absolute Gasteiger partial charge is 0.479 e. The molecule has 6 nitrogen and oxygen atoms in total. The predicted molar refractivity (Wildman–Crippen MR) is 69.0 cm³/mol. The fourth-order valence-electron chi connectivity index (χ4n) is 1.76. The topological polar surface area (TPSA) is 104 Å². The van der Waals surface area contributed by atoms with Gasteiger partial charge in [-0.05, 0) is 12.8 Å².